The van der Waals surface area contributed by atoms with E-state index in [4.69, 9.17) is 13.7 Å². The number of nitrogens with one attached hydrogen (secondary N) is 1. The zero-order valence-electron chi connectivity index (χ0n) is 18.1. The third kappa shape index (κ3) is 7.11. The molecule has 3 aromatic rings. The van der Waals surface area contributed by atoms with Crippen molar-refractivity contribution in [2.24, 2.45) is 0 Å². The summed E-state index contributed by atoms with van der Waals surface area (Å²) in [6.45, 7) is 1.94. The predicted molar refractivity (Wildman–Crippen MR) is 115 cm³/mol. The number of nitrogens with zero attached hydrogens (tertiary/aromatic N) is 3. The monoisotopic (exact) mass is 426 g/mol. The Labute approximate surface area is 182 Å². The molecule has 8 heteroatoms. The number of aromatic nitrogens is 3. The summed E-state index contributed by atoms with van der Waals surface area (Å²) in [5.74, 6) is 0.820. The number of carbonyl (C=O) groups excluding carboxylic acids is 1. The molecule has 2 aliphatic rings. The van der Waals surface area contributed by atoms with Crippen molar-refractivity contribution in [1.82, 2.24) is 20.7 Å². The van der Waals surface area contributed by atoms with Crippen LogP contribution < -0.4 is 5.32 Å². The first-order valence-electron chi connectivity index (χ1n) is 10.8. The van der Waals surface area contributed by atoms with Crippen molar-refractivity contribution in [1.29, 1.82) is 0 Å². The largest absolute Gasteiger partial charge is 0.425 e. The molecule has 1 aromatic carbocycles. The van der Waals surface area contributed by atoms with Crippen molar-refractivity contribution in [2.45, 2.75) is 63.7 Å². The standard InChI is InChI=1S/C10H7NO2.C8H12N2O2.C5H11N/c12-7-9-6-10(11-13-9)8-4-2-1-3-5-8;1-6(8-10-9-5-11-8)12-7-3-2-4-7;1-6-5-3-2-4-5/h1-7H;5-7H,2-4H2,1H3;5-6H,2-4H2,1H3. The Morgan fingerprint density at radius 3 is 2.35 bits per heavy atom. The molecule has 8 nitrogen and oxygen atoms in total. The van der Waals surface area contributed by atoms with Crippen molar-refractivity contribution in [3.8, 4) is 11.3 Å². The molecule has 31 heavy (non-hydrogen) atoms. The Morgan fingerprint density at radius 1 is 1.16 bits per heavy atom. The molecule has 0 radical (unpaired) electrons. The van der Waals surface area contributed by atoms with Gasteiger partial charge in [0, 0.05) is 17.7 Å². The SMILES string of the molecule is CC(OC1CCC1)c1nnco1.CNC1CCC1.O=Cc1cc(-c2ccccc2)no1. The van der Waals surface area contributed by atoms with E-state index in [1.165, 1.54) is 44.9 Å². The summed E-state index contributed by atoms with van der Waals surface area (Å²) >= 11 is 0. The van der Waals surface area contributed by atoms with Crippen LogP contribution in [-0.2, 0) is 4.74 Å². The van der Waals surface area contributed by atoms with Crippen molar-refractivity contribution < 1.29 is 18.5 Å². The first kappa shape index (κ1) is 22.8. The van der Waals surface area contributed by atoms with Gasteiger partial charge >= 0.3 is 0 Å². The number of benzene rings is 1. The highest BCUT2D eigenvalue weighted by atomic mass is 16.5. The summed E-state index contributed by atoms with van der Waals surface area (Å²) in [6, 6.07) is 12.0. The van der Waals surface area contributed by atoms with Crippen LogP contribution in [0.4, 0.5) is 0 Å². The smallest absolute Gasteiger partial charge is 0.244 e. The predicted octanol–water partition coefficient (Wildman–Crippen LogP) is 4.61. The quantitative estimate of drug-likeness (QED) is 0.570. The van der Waals surface area contributed by atoms with Crippen molar-refractivity contribution in [2.75, 3.05) is 7.05 Å². The molecular weight excluding hydrogens is 396 g/mol. The maximum Gasteiger partial charge on any atom is 0.244 e. The minimum atomic E-state index is -0.0576. The van der Waals surface area contributed by atoms with Gasteiger partial charge in [-0.05, 0) is 46.1 Å². The number of hydrogen-bond acceptors (Lipinski definition) is 8. The van der Waals surface area contributed by atoms with Gasteiger partial charge in [0.15, 0.2) is 12.0 Å². The van der Waals surface area contributed by atoms with Gasteiger partial charge in [-0.3, -0.25) is 4.79 Å². The maximum absolute atomic E-state index is 10.3. The highest BCUT2D eigenvalue weighted by molar-refractivity contribution is 5.73. The Balaban J connectivity index is 0.000000140. The molecule has 1 N–H and O–H groups in total. The summed E-state index contributed by atoms with van der Waals surface area (Å²) in [7, 11) is 2.03. The van der Waals surface area contributed by atoms with E-state index in [1.54, 1.807) is 6.07 Å². The molecule has 0 saturated heterocycles. The number of rotatable bonds is 6. The molecule has 2 heterocycles. The zero-order valence-corrected chi connectivity index (χ0v) is 18.1. The summed E-state index contributed by atoms with van der Waals surface area (Å²) in [4.78, 5) is 10.3. The van der Waals surface area contributed by atoms with Gasteiger partial charge in [-0.2, -0.15) is 0 Å². The first-order valence-corrected chi connectivity index (χ1v) is 10.8. The maximum atomic E-state index is 10.3. The second-order valence-electron chi connectivity index (χ2n) is 7.62. The highest BCUT2D eigenvalue weighted by Gasteiger charge is 2.23. The molecule has 0 bridgehead atoms. The molecule has 0 spiro atoms. The van der Waals surface area contributed by atoms with Crippen molar-refractivity contribution in [3.63, 3.8) is 0 Å². The van der Waals surface area contributed by atoms with E-state index < -0.39 is 0 Å². The van der Waals surface area contributed by atoms with Gasteiger partial charge in [-0.25, -0.2) is 0 Å². The average Bonchev–Trinajstić information content (AvgIpc) is 3.43. The van der Waals surface area contributed by atoms with E-state index in [2.05, 4.69) is 20.7 Å². The fourth-order valence-electron chi connectivity index (χ4n) is 3.00. The van der Waals surface area contributed by atoms with E-state index in [0.717, 1.165) is 11.6 Å². The van der Waals surface area contributed by atoms with E-state index in [1.807, 2.05) is 44.3 Å². The van der Waals surface area contributed by atoms with Crippen LogP contribution in [-0.4, -0.2) is 40.8 Å². The van der Waals surface area contributed by atoms with Gasteiger partial charge in [0.25, 0.3) is 0 Å². The van der Waals surface area contributed by atoms with Crippen LogP contribution in [0.15, 0.2) is 51.7 Å². The lowest BCUT2D eigenvalue weighted by Crippen LogP contribution is -2.31. The van der Waals surface area contributed by atoms with E-state index in [0.29, 0.717) is 24.0 Å². The third-order valence-corrected chi connectivity index (χ3v) is 5.40. The zero-order chi connectivity index (χ0) is 21.9. The molecule has 2 aliphatic carbocycles. The third-order valence-electron chi connectivity index (χ3n) is 5.40. The molecule has 0 amide bonds. The van der Waals surface area contributed by atoms with Crippen molar-refractivity contribution in [3.05, 3.63) is 54.4 Å². The number of hydrogen-bond donors (Lipinski definition) is 1. The van der Waals surface area contributed by atoms with Gasteiger partial charge in [0.05, 0.1) is 6.10 Å². The van der Waals surface area contributed by atoms with Gasteiger partial charge < -0.3 is 19.0 Å². The second-order valence-corrected chi connectivity index (χ2v) is 7.62. The Hall–Kier alpha value is -2.84. The Kier molecular flexibility index (Phi) is 8.93. The molecule has 2 aromatic heterocycles. The lowest BCUT2D eigenvalue weighted by Gasteiger charge is -2.27. The molecule has 166 valence electrons. The highest BCUT2D eigenvalue weighted by Crippen LogP contribution is 2.27. The fourth-order valence-corrected chi connectivity index (χ4v) is 3.00. The average molecular weight is 427 g/mol. The summed E-state index contributed by atoms with van der Waals surface area (Å²) in [5.41, 5.74) is 1.63. The minimum absolute atomic E-state index is 0.0576. The first-order chi connectivity index (χ1) is 15.2. The van der Waals surface area contributed by atoms with Gasteiger partial charge in [-0.1, -0.05) is 41.9 Å². The van der Waals surface area contributed by atoms with Crippen LogP contribution in [0.2, 0.25) is 0 Å². The van der Waals surface area contributed by atoms with Crippen LogP contribution in [0.1, 0.15) is 68.0 Å². The fraction of sp³-hybridized carbons (Fsp3) is 0.478. The molecule has 2 fully saturated rings. The second kappa shape index (κ2) is 12.1. The number of aldehydes is 1. The van der Waals surface area contributed by atoms with Crippen LogP contribution in [0.25, 0.3) is 11.3 Å². The van der Waals surface area contributed by atoms with E-state index in [-0.39, 0.29) is 11.9 Å². The minimum Gasteiger partial charge on any atom is -0.425 e. The molecule has 5 rings (SSSR count). The van der Waals surface area contributed by atoms with Crippen molar-refractivity contribution >= 4 is 6.29 Å². The Morgan fingerprint density at radius 2 is 1.90 bits per heavy atom. The normalized spacial score (nSPS) is 16.6. The summed E-state index contributed by atoms with van der Waals surface area (Å²) in [6.07, 6.45) is 10.2. The molecule has 1 unspecified atom stereocenters. The molecule has 2 saturated carbocycles. The van der Waals surface area contributed by atoms with Gasteiger partial charge in [0.1, 0.15) is 11.8 Å². The van der Waals surface area contributed by atoms with E-state index in [9.17, 15) is 4.79 Å². The number of carbonyl (C=O) groups is 1. The van der Waals surface area contributed by atoms with E-state index >= 15 is 0 Å². The molecular formula is C23H30N4O4. The van der Waals surface area contributed by atoms with Gasteiger partial charge in [-0.15, -0.1) is 10.2 Å². The Bertz CT molecular complexity index is 871. The van der Waals surface area contributed by atoms with Crippen LogP contribution >= 0.6 is 0 Å². The molecule has 1 atom stereocenters. The van der Waals surface area contributed by atoms with Crippen LogP contribution in [0, 0.1) is 0 Å². The summed E-state index contributed by atoms with van der Waals surface area (Å²) < 4.78 is 15.4. The lowest BCUT2D eigenvalue weighted by molar-refractivity contribution is -0.0548. The van der Waals surface area contributed by atoms with Crippen LogP contribution in [0.3, 0.4) is 0 Å². The lowest BCUT2D eigenvalue weighted by atomic mass is 9.94. The topological polar surface area (TPSA) is 103 Å². The summed E-state index contributed by atoms with van der Waals surface area (Å²) in [5, 5.41) is 14.3. The molecule has 0 aliphatic heterocycles. The van der Waals surface area contributed by atoms with Crippen LogP contribution in [0.5, 0.6) is 0 Å². The number of ether oxygens (including phenoxy) is 1. The van der Waals surface area contributed by atoms with Gasteiger partial charge in [0.2, 0.25) is 12.3 Å².